The highest BCUT2D eigenvalue weighted by molar-refractivity contribution is 7.99. The van der Waals surface area contributed by atoms with Crippen LogP contribution in [0.2, 0.25) is 0 Å². The minimum Gasteiger partial charge on any atom is -0.468 e. The number of aromatic nitrogens is 2. The van der Waals surface area contributed by atoms with Crippen LogP contribution in [0.15, 0.2) is 52.4 Å². The fraction of sp³-hybridized carbons (Fsp3) is 0.211. The first-order valence-corrected chi connectivity index (χ1v) is 8.79. The number of methoxy groups -OCH3 is 1. The lowest BCUT2D eigenvalue weighted by Crippen LogP contribution is -2.23. The van der Waals surface area contributed by atoms with E-state index in [0.29, 0.717) is 16.1 Å². The molecule has 1 heterocycles. The molecule has 0 aliphatic heterocycles. The third-order valence-electron chi connectivity index (χ3n) is 3.88. The Bertz CT molecular complexity index is 1010. The lowest BCUT2D eigenvalue weighted by molar-refractivity contribution is -0.137. The first-order chi connectivity index (χ1) is 12.0. The summed E-state index contributed by atoms with van der Waals surface area (Å²) in [4.78, 5) is 29.2. The fourth-order valence-electron chi connectivity index (χ4n) is 2.66. The van der Waals surface area contributed by atoms with Crippen LogP contribution in [-0.4, -0.2) is 28.4 Å². The Morgan fingerprint density at radius 1 is 1.20 bits per heavy atom. The molecule has 3 aromatic rings. The number of ether oxygens (including phenoxy) is 1. The SMILES string of the molecule is COC(=O)CSc1nc2ccccc2c(=O)n1-c1ccc(C)cc1C. The van der Waals surface area contributed by atoms with Crippen LogP contribution in [0.25, 0.3) is 16.6 Å². The molecular weight excluding hydrogens is 336 g/mol. The summed E-state index contributed by atoms with van der Waals surface area (Å²) < 4.78 is 6.27. The van der Waals surface area contributed by atoms with Gasteiger partial charge in [-0.2, -0.15) is 0 Å². The first-order valence-electron chi connectivity index (χ1n) is 7.80. The molecule has 0 fully saturated rings. The zero-order valence-corrected chi connectivity index (χ0v) is 15.1. The molecule has 1 aromatic heterocycles. The van der Waals surface area contributed by atoms with Gasteiger partial charge in [-0.25, -0.2) is 4.98 Å². The highest BCUT2D eigenvalue weighted by Gasteiger charge is 2.16. The monoisotopic (exact) mass is 354 g/mol. The van der Waals surface area contributed by atoms with Gasteiger partial charge in [0.25, 0.3) is 5.56 Å². The summed E-state index contributed by atoms with van der Waals surface area (Å²) in [6.07, 6.45) is 0. The zero-order chi connectivity index (χ0) is 18.0. The van der Waals surface area contributed by atoms with E-state index in [9.17, 15) is 9.59 Å². The van der Waals surface area contributed by atoms with Crippen molar-refractivity contribution in [3.05, 3.63) is 63.9 Å². The number of carbonyl (C=O) groups excluding carboxylic acids is 1. The average molecular weight is 354 g/mol. The summed E-state index contributed by atoms with van der Waals surface area (Å²) >= 11 is 1.19. The van der Waals surface area contributed by atoms with Gasteiger partial charge in [-0.05, 0) is 37.6 Å². The number of benzene rings is 2. The van der Waals surface area contributed by atoms with Crippen molar-refractivity contribution in [2.24, 2.45) is 0 Å². The summed E-state index contributed by atoms with van der Waals surface area (Å²) in [5, 5.41) is 1.02. The van der Waals surface area contributed by atoms with E-state index in [1.54, 1.807) is 16.7 Å². The summed E-state index contributed by atoms with van der Waals surface area (Å²) in [6.45, 7) is 3.96. The van der Waals surface area contributed by atoms with E-state index in [1.165, 1.54) is 18.9 Å². The molecule has 3 rings (SSSR count). The molecular formula is C19H18N2O3S. The summed E-state index contributed by atoms with van der Waals surface area (Å²) in [6, 6.07) is 13.1. The Morgan fingerprint density at radius 2 is 1.96 bits per heavy atom. The molecule has 0 radical (unpaired) electrons. The standard InChI is InChI=1S/C19H18N2O3S/c1-12-8-9-16(13(2)10-12)21-18(23)14-6-4-5-7-15(14)20-19(21)25-11-17(22)24-3/h4-10H,11H2,1-3H3. The van der Waals surface area contributed by atoms with Crippen molar-refractivity contribution in [3.63, 3.8) is 0 Å². The van der Waals surface area contributed by atoms with E-state index in [2.05, 4.69) is 4.98 Å². The number of carbonyl (C=O) groups is 1. The van der Waals surface area contributed by atoms with Gasteiger partial charge in [-0.3, -0.25) is 14.2 Å². The van der Waals surface area contributed by atoms with Crippen molar-refractivity contribution >= 4 is 28.6 Å². The molecule has 0 spiro atoms. The molecule has 0 atom stereocenters. The van der Waals surface area contributed by atoms with Crippen molar-refractivity contribution in [1.29, 1.82) is 0 Å². The molecule has 0 N–H and O–H groups in total. The van der Waals surface area contributed by atoms with E-state index >= 15 is 0 Å². The number of fused-ring (bicyclic) bond motifs is 1. The zero-order valence-electron chi connectivity index (χ0n) is 14.3. The van der Waals surface area contributed by atoms with E-state index < -0.39 is 0 Å². The van der Waals surface area contributed by atoms with Gasteiger partial charge in [0.1, 0.15) is 0 Å². The average Bonchev–Trinajstić information content (AvgIpc) is 2.61. The van der Waals surface area contributed by atoms with Crippen LogP contribution in [0.3, 0.4) is 0 Å². The Labute approximate surface area is 149 Å². The molecule has 0 aliphatic carbocycles. The van der Waals surface area contributed by atoms with Crippen molar-refractivity contribution in [1.82, 2.24) is 9.55 Å². The van der Waals surface area contributed by atoms with E-state index in [4.69, 9.17) is 4.74 Å². The van der Waals surface area contributed by atoms with Crippen LogP contribution in [0.5, 0.6) is 0 Å². The van der Waals surface area contributed by atoms with E-state index in [0.717, 1.165) is 16.8 Å². The number of hydrogen-bond acceptors (Lipinski definition) is 5. The van der Waals surface area contributed by atoms with Gasteiger partial charge >= 0.3 is 5.97 Å². The molecule has 5 nitrogen and oxygen atoms in total. The summed E-state index contributed by atoms with van der Waals surface area (Å²) in [7, 11) is 1.34. The number of aryl methyl sites for hydroxylation is 2. The van der Waals surface area contributed by atoms with Gasteiger partial charge in [0.05, 0.1) is 29.5 Å². The number of para-hydroxylation sites is 1. The van der Waals surface area contributed by atoms with Gasteiger partial charge in [-0.1, -0.05) is 41.6 Å². The number of hydrogen-bond donors (Lipinski definition) is 0. The second-order valence-corrected chi connectivity index (χ2v) is 6.65. The lowest BCUT2D eigenvalue weighted by Gasteiger charge is -2.15. The number of nitrogens with zero attached hydrogens (tertiary/aromatic N) is 2. The predicted octanol–water partition coefficient (Wildman–Crippen LogP) is 3.27. The van der Waals surface area contributed by atoms with Gasteiger partial charge in [0.15, 0.2) is 5.16 Å². The molecule has 0 saturated heterocycles. The molecule has 2 aromatic carbocycles. The molecule has 0 aliphatic rings. The molecule has 0 amide bonds. The van der Waals surface area contributed by atoms with Crippen molar-refractivity contribution in [2.75, 3.05) is 12.9 Å². The highest BCUT2D eigenvalue weighted by Crippen LogP contribution is 2.23. The Balaban J connectivity index is 2.24. The van der Waals surface area contributed by atoms with Crippen molar-refractivity contribution < 1.29 is 9.53 Å². The minimum absolute atomic E-state index is 0.0895. The van der Waals surface area contributed by atoms with E-state index in [-0.39, 0.29) is 17.3 Å². The Kier molecular flexibility index (Phi) is 4.90. The largest absolute Gasteiger partial charge is 0.468 e. The molecule has 25 heavy (non-hydrogen) atoms. The van der Waals surface area contributed by atoms with Gasteiger partial charge in [0, 0.05) is 0 Å². The molecule has 6 heteroatoms. The summed E-state index contributed by atoms with van der Waals surface area (Å²) in [5.41, 5.74) is 3.32. The normalized spacial score (nSPS) is 10.8. The molecule has 0 saturated carbocycles. The van der Waals surface area contributed by atoms with Gasteiger partial charge in [-0.15, -0.1) is 0 Å². The fourth-order valence-corrected chi connectivity index (χ4v) is 3.50. The Hall–Kier alpha value is -2.60. The predicted molar refractivity (Wildman–Crippen MR) is 99.6 cm³/mol. The van der Waals surface area contributed by atoms with Gasteiger partial charge < -0.3 is 4.74 Å². The van der Waals surface area contributed by atoms with Crippen LogP contribution in [-0.2, 0) is 9.53 Å². The van der Waals surface area contributed by atoms with Crippen LogP contribution in [0, 0.1) is 13.8 Å². The number of thioether (sulfide) groups is 1. The number of rotatable bonds is 4. The molecule has 0 unspecified atom stereocenters. The van der Waals surface area contributed by atoms with Crippen LogP contribution in [0.4, 0.5) is 0 Å². The smallest absolute Gasteiger partial charge is 0.316 e. The van der Waals surface area contributed by atoms with Crippen molar-refractivity contribution in [2.45, 2.75) is 19.0 Å². The Morgan fingerprint density at radius 3 is 2.68 bits per heavy atom. The topological polar surface area (TPSA) is 61.2 Å². The maximum absolute atomic E-state index is 13.1. The maximum Gasteiger partial charge on any atom is 0.316 e. The minimum atomic E-state index is -0.361. The van der Waals surface area contributed by atoms with Crippen molar-refractivity contribution in [3.8, 4) is 5.69 Å². The van der Waals surface area contributed by atoms with E-state index in [1.807, 2.05) is 44.2 Å². The van der Waals surface area contributed by atoms with Crippen LogP contribution >= 0.6 is 11.8 Å². The quantitative estimate of drug-likeness (QED) is 0.409. The third kappa shape index (κ3) is 3.44. The number of esters is 1. The summed E-state index contributed by atoms with van der Waals surface area (Å²) in [5.74, 6) is -0.272. The maximum atomic E-state index is 13.1. The molecule has 128 valence electrons. The first kappa shape index (κ1) is 17.2. The molecule has 0 bridgehead atoms. The van der Waals surface area contributed by atoms with Crippen LogP contribution < -0.4 is 5.56 Å². The lowest BCUT2D eigenvalue weighted by atomic mass is 10.1. The second-order valence-electron chi connectivity index (χ2n) is 5.71. The second kappa shape index (κ2) is 7.11. The van der Waals surface area contributed by atoms with Crippen LogP contribution in [0.1, 0.15) is 11.1 Å². The third-order valence-corrected chi connectivity index (χ3v) is 4.80. The highest BCUT2D eigenvalue weighted by atomic mass is 32.2. The van der Waals surface area contributed by atoms with Gasteiger partial charge in [0.2, 0.25) is 0 Å².